The van der Waals surface area contributed by atoms with Crippen molar-refractivity contribution in [3.05, 3.63) is 72.3 Å². The molecule has 0 unspecified atom stereocenters. The first-order chi connectivity index (χ1) is 14.0. The normalized spacial score (nSPS) is 10.9. The molecule has 1 heterocycles. The van der Waals surface area contributed by atoms with E-state index in [1.165, 1.54) is 16.7 Å². The largest absolute Gasteiger partial charge is 0.504 e. The lowest BCUT2D eigenvalue weighted by molar-refractivity contribution is 0.374. The van der Waals surface area contributed by atoms with Gasteiger partial charge in [0.05, 0.1) is 12.6 Å². The smallest absolute Gasteiger partial charge is 0.162 e. The number of pyridine rings is 1. The molecule has 0 bridgehead atoms. The summed E-state index contributed by atoms with van der Waals surface area (Å²) >= 11 is 0. The SMILES string of the molecule is COc1cc2nc(N(C)C)c(-c3cccc(-c4ccccc4)c3C)cc2cc1O. The van der Waals surface area contributed by atoms with Crippen molar-refractivity contribution in [1.29, 1.82) is 0 Å². The van der Waals surface area contributed by atoms with Crippen LogP contribution in [-0.2, 0) is 0 Å². The Bertz CT molecular complexity index is 1180. The number of fused-ring (bicyclic) bond motifs is 1. The van der Waals surface area contributed by atoms with Gasteiger partial charge in [-0.1, -0.05) is 48.5 Å². The number of rotatable bonds is 4. The number of methoxy groups -OCH3 is 1. The first kappa shape index (κ1) is 18.8. The summed E-state index contributed by atoms with van der Waals surface area (Å²) in [5, 5.41) is 11.1. The zero-order valence-electron chi connectivity index (χ0n) is 17.1. The molecule has 0 saturated heterocycles. The van der Waals surface area contributed by atoms with Crippen LogP contribution in [0.25, 0.3) is 33.2 Å². The highest BCUT2D eigenvalue weighted by molar-refractivity contribution is 5.93. The topological polar surface area (TPSA) is 45.6 Å². The Morgan fingerprint density at radius 2 is 1.59 bits per heavy atom. The molecule has 0 aliphatic rings. The summed E-state index contributed by atoms with van der Waals surface area (Å²) in [7, 11) is 5.53. The highest BCUT2D eigenvalue weighted by Crippen LogP contribution is 2.39. The first-order valence-electron chi connectivity index (χ1n) is 9.54. The van der Waals surface area contributed by atoms with Crippen molar-refractivity contribution >= 4 is 16.7 Å². The number of hydrogen-bond acceptors (Lipinski definition) is 4. The lowest BCUT2D eigenvalue weighted by Crippen LogP contribution is -2.12. The molecule has 29 heavy (non-hydrogen) atoms. The Hall–Kier alpha value is -3.53. The summed E-state index contributed by atoms with van der Waals surface area (Å²) in [4.78, 5) is 6.90. The van der Waals surface area contributed by atoms with Crippen molar-refractivity contribution < 1.29 is 9.84 Å². The first-order valence-corrected chi connectivity index (χ1v) is 9.54. The highest BCUT2D eigenvalue weighted by Gasteiger charge is 2.16. The Morgan fingerprint density at radius 3 is 2.28 bits per heavy atom. The van der Waals surface area contributed by atoms with E-state index in [0.29, 0.717) is 5.75 Å². The van der Waals surface area contributed by atoms with E-state index in [2.05, 4.69) is 55.5 Å². The molecule has 4 rings (SSSR count). The molecule has 0 aliphatic heterocycles. The van der Waals surface area contributed by atoms with Gasteiger partial charge in [0.15, 0.2) is 11.5 Å². The summed E-state index contributed by atoms with van der Waals surface area (Å²) in [6, 6.07) is 22.3. The molecule has 4 heteroatoms. The quantitative estimate of drug-likeness (QED) is 0.493. The number of aromatic nitrogens is 1. The zero-order valence-corrected chi connectivity index (χ0v) is 17.1. The predicted octanol–water partition coefficient (Wildman–Crippen LogP) is 5.66. The van der Waals surface area contributed by atoms with Crippen LogP contribution < -0.4 is 9.64 Å². The van der Waals surface area contributed by atoms with Crippen LogP contribution in [0.1, 0.15) is 5.56 Å². The average Bonchev–Trinajstić information content (AvgIpc) is 2.73. The van der Waals surface area contributed by atoms with Gasteiger partial charge in [-0.05, 0) is 41.3 Å². The number of benzene rings is 3. The highest BCUT2D eigenvalue weighted by atomic mass is 16.5. The maximum absolute atomic E-state index is 10.2. The van der Waals surface area contributed by atoms with Gasteiger partial charge in [-0.15, -0.1) is 0 Å². The number of nitrogens with zero attached hydrogens (tertiary/aromatic N) is 2. The second-order valence-electron chi connectivity index (χ2n) is 7.31. The van der Waals surface area contributed by atoms with E-state index in [1.54, 1.807) is 19.2 Å². The summed E-state index contributed by atoms with van der Waals surface area (Å²) in [5.41, 5.74) is 6.52. The van der Waals surface area contributed by atoms with E-state index in [-0.39, 0.29) is 5.75 Å². The van der Waals surface area contributed by atoms with E-state index in [9.17, 15) is 5.11 Å². The van der Waals surface area contributed by atoms with Gasteiger partial charge in [0.25, 0.3) is 0 Å². The fourth-order valence-corrected chi connectivity index (χ4v) is 3.74. The number of ether oxygens (including phenoxy) is 1. The standard InChI is InChI=1S/C25H24N2O2/c1-16-19(17-9-6-5-7-10-17)11-8-12-20(16)21-13-18-14-23(28)24(29-4)15-22(18)26-25(21)27(2)3/h5-15,28H,1-4H3. The number of aromatic hydroxyl groups is 1. The van der Waals surface area contributed by atoms with E-state index in [0.717, 1.165) is 27.8 Å². The van der Waals surface area contributed by atoms with E-state index >= 15 is 0 Å². The minimum absolute atomic E-state index is 0.111. The number of phenolic OH excluding ortho intramolecular Hbond substituents is 1. The summed E-state index contributed by atoms with van der Waals surface area (Å²) in [6.45, 7) is 2.15. The molecule has 0 amide bonds. The summed E-state index contributed by atoms with van der Waals surface area (Å²) in [5.74, 6) is 1.41. The molecule has 0 saturated carbocycles. The Balaban J connectivity index is 1.97. The minimum Gasteiger partial charge on any atom is -0.504 e. The van der Waals surface area contributed by atoms with Crippen LogP contribution in [0.5, 0.6) is 11.5 Å². The summed E-state index contributed by atoms with van der Waals surface area (Å²) < 4.78 is 5.25. The molecule has 1 N–H and O–H groups in total. The molecule has 0 radical (unpaired) electrons. The van der Waals surface area contributed by atoms with Crippen molar-refractivity contribution in [2.24, 2.45) is 0 Å². The van der Waals surface area contributed by atoms with Crippen LogP contribution in [0.3, 0.4) is 0 Å². The van der Waals surface area contributed by atoms with Gasteiger partial charge in [0, 0.05) is 31.1 Å². The minimum atomic E-state index is 0.111. The number of phenols is 1. The Kier molecular flexibility index (Phi) is 4.85. The van der Waals surface area contributed by atoms with Crippen molar-refractivity contribution in [3.8, 4) is 33.8 Å². The third-order valence-electron chi connectivity index (χ3n) is 5.23. The molecule has 3 aromatic carbocycles. The van der Waals surface area contributed by atoms with Crippen LogP contribution in [-0.4, -0.2) is 31.3 Å². The second kappa shape index (κ2) is 7.47. The molecule has 0 spiro atoms. The molecule has 0 atom stereocenters. The van der Waals surface area contributed by atoms with Crippen molar-refractivity contribution in [2.45, 2.75) is 6.92 Å². The molecule has 0 fully saturated rings. The van der Waals surface area contributed by atoms with Crippen LogP contribution >= 0.6 is 0 Å². The van der Waals surface area contributed by atoms with Crippen LogP contribution in [0.15, 0.2) is 66.7 Å². The van der Waals surface area contributed by atoms with Gasteiger partial charge in [0.1, 0.15) is 5.82 Å². The van der Waals surface area contributed by atoms with Crippen molar-refractivity contribution in [1.82, 2.24) is 4.98 Å². The van der Waals surface area contributed by atoms with Crippen molar-refractivity contribution in [3.63, 3.8) is 0 Å². The monoisotopic (exact) mass is 384 g/mol. The third kappa shape index (κ3) is 3.38. The maximum Gasteiger partial charge on any atom is 0.162 e. The Labute approximate surface area is 171 Å². The van der Waals surface area contributed by atoms with Gasteiger partial charge in [-0.3, -0.25) is 0 Å². The summed E-state index contributed by atoms with van der Waals surface area (Å²) in [6.07, 6.45) is 0. The fraction of sp³-hybridized carbons (Fsp3) is 0.160. The Morgan fingerprint density at radius 1 is 0.862 bits per heavy atom. The second-order valence-corrected chi connectivity index (χ2v) is 7.31. The molecule has 146 valence electrons. The lowest BCUT2D eigenvalue weighted by atomic mass is 9.92. The van der Waals surface area contributed by atoms with Crippen LogP contribution in [0.2, 0.25) is 0 Å². The average molecular weight is 384 g/mol. The molecular formula is C25H24N2O2. The van der Waals surface area contributed by atoms with E-state index < -0.39 is 0 Å². The maximum atomic E-state index is 10.2. The zero-order chi connectivity index (χ0) is 20.5. The van der Waals surface area contributed by atoms with Crippen LogP contribution in [0, 0.1) is 6.92 Å². The van der Waals surface area contributed by atoms with E-state index in [4.69, 9.17) is 9.72 Å². The molecule has 4 nitrogen and oxygen atoms in total. The van der Waals surface area contributed by atoms with Gasteiger partial charge < -0.3 is 14.7 Å². The number of anilines is 1. The van der Waals surface area contributed by atoms with Crippen molar-refractivity contribution in [2.75, 3.05) is 26.1 Å². The van der Waals surface area contributed by atoms with Gasteiger partial charge >= 0.3 is 0 Å². The van der Waals surface area contributed by atoms with E-state index in [1.807, 2.05) is 25.1 Å². The van der Waals surface area contributed by atoms with Gasteiger partial charge in [-0.25, -0.2) is 4.98 Å². The van der Waals surface area contributed by atoms with Gasteiger partial charge in [0.2, 0.25) is 0 Å². The fourth-order valence-electron chi connectivity index (χ4n) is 3.74. The molecule has 4 aromatic rings. The van der Waals surface area contributed by atoms with Crippen LogP contribution in [0.4, 0.5) is 5.82 Å². The van der Waals surface area contributed by atoms with Gasteiger partial charge in [-0.2, -0.15) is 0 Å². The third-order valence-corrected chi connectivity index (χ3v) is 5.23. The lowest BCUT2D eigenvalue weighted by Gasteiger charge is -2.20. The number of hydrogen-bond donors (Lipinski definition) is 1. The predicted molar refractivity (Wildman–Crippen MR) is 120 cm³/mol. The molecule has 1 aromatic heterocycles. The molecule has 0 aliphatic carbocycles. The molecular weight excluding hydrogens is 360 g/mol.